The van der Waals surface area contributed by atoms with Gasteiger partial charge in [-0.3, -0.25) is 9.48 Å². The molecule has 2 aromatic heterocycles. The van der Waals surface area contributed by atoms with Crippen LogP contribution in [0.2, 0.25) is 0 Å². The van der Waals surface area contributed by atoms with E-state index in [0.29, 0.717) is 30.3 Å². The van der Waals surface area contributed by atoms with Crippen LogP contribution in [0.1, 0.15) is 49.3 Å². The summed E-state index contributed by atoms with van der Waals surface area (Å²) >= 11 is 0. The van der Waals surface area contributed by atoms with Crippen molar-refractivity contribution in [2.24, 2.45) is 12.8 Å². The molecule has 1 aliphatic rings. The van der Waals surface area contributed by atoms with Crippen molar-refractivity contribution in [3.05, 3.63) is 65.4 Å². The lowest BCUT2D eigenvalue weighted by Gasteiger charge is -2.26. The Labute approximate surface area is 217 Å². The number of nitrogens with one attached hydrogen (secondary N) is 2. The molecule has 2 heterocycles. The molecule has 5 rings (SSSR count). The van der Waals surface area contributed by atoms with E-state index >= 15 is 0 Å². The Bertz CT molecular complexity index is 1420. The van der Waals surface area contributed by atoms with Crippen molar-refractivity contribution < 1.29 is 4.79 Å². The van der Waals surface area contributed by atoms with Crippen molar-refractivity contribution in [1.29, 1.82) is 0 Å². The molecular weight excluding hydrogens is 462 g/mol. The Balaban J connectivity index is 1.35. The standard InChI is InChI=1S/C29H35N7O/c1-4-20-14-21(15-22-17-31-29(34-28(20)22)32-24-10-8-23(30)9-11-24)25-16-26(35-36(25)3)33-27(37)13-19-7-5-6-18(2)12-19/h5-7,12,14-17,23-24H,4,8-11,13,30H2,1-3H3,(H,31,32,34)(H,33,35,37). The van der Waals surface area contributed by atoms with Gasteiger partial charge in [-0.15, -0.1) is 0 Å². The number of rotatable bonds is 7. The molecule has 2 aromatic carbocycles. The second-order valence-electron chi connectivity index (χ2n) is 10.1. The number of amides is 1. The molecule has 37 heavy (non-hydrogen) atoms. The van der Waals surface area contributed by atoms with Crippen LogP contribution in [-0.4, -0.2) is 37.7 Å². The summed E-state index contributed by atoms with van der Waals surface area (Å²) in [5, 5.41) is 12.0. The maximum atomic E-state index is 12.6. The number of hydrogen-bond donors (Lipinski definition) is 3. The zero-order chi connectivity index (χ0) is 25.9. The maximum absolute atomic E-state index is 12.6. The van der Waals surface area contributed by atoms with E-state index in [1.807, 2.05) is 50.5 Å². The molecular formula is C29H35N7O. The SMILES string of the molecule is CCc1cc(-c2cc(NC(=O)Cc3cccc(C)c3)nn2C)cc2cnc(NC3CCC(N)CC3)nc12. The molecule has 1 saturated carbocycles. The maximum Gasteiger partial charge on any atom is 0.229 e. The number of aromatic nitrogens is 4. The third-order valence-electron chi connectivity index (χ3n) is 7.14. The van der Waals surface area contributed by atoms with Crippen LogP contribution in [0.3, 0.4) is 0 Å². The summed E-state index contributed by atoms with van der Waals surface area (Å²) in [4.78, 5) is 22.1. The molecule has 0 atom stereocenters. The van der Waals surface area contributed by atoms with Crippen molar-refractivity contribution in [3.63, 3.8) is 0 Å². The molecule has 0 unspecified atom stereocenters. The first-order valence-corrected chi connectivity index (χ1v) is 13.1. The Morgan fingerprint density at radius 2 is 1.95 bits per heavy atom. The van der Waals surface area contributed by atoms with E-state index in [1.165, 1.54) is 0 Å². The van der Waals surface area contributed by atoms with E-state index in [0.717, 1.165) is 71.0 Å². The first kappa shape index (κ1) is 24.9. The van der Waals surface area contributed by atoms with Crippen molar-refractivity contribution in [1.82, 2.24) is 19.7 Å². The van der Waals surface area contributed by atoms with Gasteiger partial charge in [-0.2, -0.15) is 5.10 Å². The van der Waals surface area contributed by atoms with E-state index in [4.69, 9.17) is 10.7 Å². The summed E-state index contributed by atoms with van der Waals surface area (Å²) in [7, 11) is 1.89. The van der Waals surface area contributed by atoms with Crippen LogP contribution in [0.25, 0.3) is 22.2 Å². The highest BCUT2D eigenvalue weighted by atomic mass is 16.1. The smallest absolute Gasteiger partial charge is 0.229 e. The molecule has 192 valence electrons. The first-order chi connectivity index (χ1) is 17.9. The Hall–Kier alpha value is -3.78. The predicted octanol–water partition coefficient (Wildman–Crippen LogP) is 4.76. The van der Waals surface area contributed by atoms with Crippen LogP contribution in [0, 0.1) is 6.92 Å². The van der Waals surface area contributed by atoms with Crippen molar-refractivity contribution >= 4 is 28.6 Å². The fraction of sp³-hybridized carbons (Fsp3) is 0.379. The van der Waals surface area contributed by atoms with Crippen molar-refractivity contribution in [2.75, 3.05) is 10.6 Å². The summed E-state index contributed by atoms with van der Waals surface area (Å²) in [5.41, 5.74) is 12.2. The number of hydrogen-bond acceptors (Lipinski definition) is 6. The average molecular weight is 498 g/mol. The molecule has 0 radical (unpaired) electrons. The van der Waals surface area contributed by atoms with E-state index in [9.17, 15) is 4.79 Å². The van der Waals surface area contributed by atoms with Crippen LogP contribution in [-0.2, 0) is 24.7 Å². The third kappa shape index (κ3) is 5.80. The molecule has 1 aliphatic carbocycles. The van der Waals surface area contributed by atoms with Gasteiger partial charge in [-0.25, -0.2) is 9.97 Å². The van der Waals surface area contributed by atoms with Gasteiger partial charge in [-0.1, -0.05) is 36.8 Å². The second kappa shape index (κ2) is 10.7. The Morgan fingerprint density at radius 3 is 2.70 bits per heavy atom. The predicted molar refractivity (Wildman–Crippen MR) is 148 cm³/mol. The molecule has 1 amide bonds. The number of nitrogens with two attached hydrogens (primary N) is 1. The third-order valence-corrected chi connectivity index (χ3v) is 7.14. The fourth-order valence-electron chi connectivity index (χ4n) is 5.15. The average Bonchev–Trinajstić information content (AvgIpc) is 3.24. The van der Waals surface area contributed by atoms with Gasteiger partial charge in [0.25, 0.3) is 0 Å². The van der Waals surface area contributed by atoms with Gasteiger partial charge in [-0.05, 0) is 62.3 Å². The van der Waals surface area contributed by atoms with Crippen LogP contribution < -0.4 is 16.4 Å². The van der Waals surface area contributed by atoms with Gasteiger partial charge in [0.05, 0.1) is 17.6 Å². The fourth-order valence-corrected chi connectivity index (χ4v) is 5.15. The highest BCUT2D eigenvalue weighted by molar-refractivity contribution is 5.92. The minimum Gasteiger partial charge on any atom is -0.351 e. The van der Waals surface area contributed by atoms with Crippen LogP contribution in [0.15, 0.2) is 48.7 Å². The number of anilines is 2. The zero-order valence-electron chi connectivity index (χ0n) is 21.8. The lowest BCUT2D eigenvalue weighted by Crippen LogP contribution is -2.33. The van der Waals surface area contributed by atoms with Gasteiger partial charge in [0.1, 0.15) is 0 Å². The van der Waals surface area contributed by atoms with Gasteiger partial charge in [0.15, 0.2) is 5.82 Å². The largest absolute Gasteiger partial charge is 0.351 e. The molecule has 0 spiro atoms. The molecule has 0 saturated heterocycles. The topological polar surface area (TPSA) is 111 Å². The van der Waals surface area contributed by atoms with E-state index in [2.05, 4.69) is 39.8 Å². The van der Waals surface area contributed by atoms with E-state index < -0.39 is 0 Å². The number of carbonyl (C=O) groups excluding carboxylic acids is 1. The number of carbonyl (C=O) groups is 1. The molecule has 0 bridgehead atoms. The zero-order valence-corrected chi connectivity index (χ0v) is 21.8. The Morgan fingerprint density at radius 1 is 1.14 bits per heavy atom. The van der Waals surface area contributed by atoms with Gasteiger partial charge in [0.2, 0.25) is 11.9 Å². The molecule has 8 nitrogen and oxygen atoms in total. The lowest BCUT2D eigenvalue weighted by atomic mass is 9.92. The lowest BCUT2D eigenvalue weighted by molar-refractivity contribution is -0.115. The first-order valence-electron chi connectivity index (χ1n) is 13.1. The minimum absolute atomic E-state index is 0.0867. The minimum atomic E-state index is -0.0867. The van der Waals surface area contributed by atoms with Crippen LogP contribution in [0.4, 0.5) is 11.8 Å². The monoisotopic (exact) mass is 497 g/mol. The molecule has 4 N–H and O–H groups in total. The van der Waals surface area contributed by atoms with Gasteiger partial charge < -0.3 is 16.4 Å². The molecule has 0 aliphatic heterocycles. The van der Waals surface area contributed by atoms with E-state index in [-0.39, 0.29) is 5.91 Å². The number of fused-ring (bicyclic) bond motifs is 1. The van der Waals surface area contributed by atoms with Crippen LogP contribution >= 0.6 is 0 Å². The number of benzene rings is 2. The highest BCUT2D eigenvalue weighted by Crippen LogP contribution is 2.29. The highest BCUT2D eigenvalue weighted by Gasteiger charge is 2.20. The Kier molecular flexibility index (Phi) is 7.19. The molecule has 1 fully saturated rings. The summed E-state index contributed by atoms with van der Waals surface area (Å²) in [6.07, 6.45) is 7.21. The quantitative estimate of drug-likeness (QED) is 0.339. The van der Waals surface area contributed by atoms with Crippen molar-refractivity contribution in [2.45, 2.75) is 64.5 Å². The van der Waals surface area contributed by atoms with Crippen molar-refractivity contribution in [3.8, 4) is 11.3 Å². The summed E-state index contributed by atoms with van der Waals surface area (Å²) in [6, 6.07) is 14.8. The second-order valence-corrected chi connectivity index (χ2v) is 10.1. The molecule has 8 heteroatoms. The van der Waals surface area contributed by atoms with Gasteiger partial charge >= 0.3 is 0 Å². The molecule has 4 aromatic rings. The number of nitrogens with zero attached hydrogens (tertiary/aromatic N) is 4. The van der Waals surface area contributed by atoms with Gasteiger partial charge in [0, 0.05) is 42.3 Å². The normalized spacial score (nSPS) is 17.6. The van der Waals surface area contributed by atoms with E-state index in [1.54, 1.807) is 4.68 Å². The number of aryl methyl sites for hydroxylation is 3. The summed E-state index contributed by atoms with van der Waals surface area (Å²) in [5.74, 6) is 1.13. The summed E-state index contributed by atoms with van der Waals surface area (Å²) in [6.45, 7) is 4.16. The summed E-state index contributed by atoms with van der Waals surface area (Å²) < 4.78 is 1.80. The van der Waals surface area contributed by atoms with Crippen LogP contribution in [0.5, 0.6) is 0 Å².